The van der Waals surface area contributed by atoms with Gasteiger partial charge in [0, 0.05) is 11.3 Å². The maximum atomic E-state index is 12.9. The van der Waals surface area contributed by atoms with Gasteiger partial charge in [0.2, 0.25) is 11.8 Å². The van der Waals surface area contributed by atoms with Crippen LogP contribution in [0.4, 0.5) is 10.1 Å². The molecule has 0 saturated carbocycles. The summed E-state index contributed by atoms with van der Waals surface area (Å²) in [6, 6.07) is 14.9. The molecule has 0 radical (unpaired) electrons. The summed E-state index contributed by atoms with van der Waals surface area (Å²) >= 11 is 1.14. The Morgan fingerprint density at radius 2 is 1.83 bits per heavy atom. The zero-order valence-corrected chi connectivity index (χ0v) is 12.7. The average molecular weight is 329 g/mol. The van der Waals surface area contributed by atoms with Gasteiger partial charge in [-0.25, -0.2) is 4.39 Å². The molecule has 1 aromatic heterocycles. The first-order valence-corrected chi connectivity index (χ1v) is 7.76. The Hall–Kier alpha value is -2.67. The van der Waals surface area contributed by atoms with Crippen molar-refractivity contribution < 1.29 is 13.6 Å². The SMILES string of the molecule is O=C(CSc1nnc(-c2ccc(F)cc2)o1)Nc1ccccc1. The van der Waals surface area contributed by atoms with Gasteiger partial charge in [-0.2, -0.15) is 0 Å². The van der Waals surface area contributed by atoms with Gasteiger partial charge in [0.15, 0.2) is 0 Å². The standard InChI is InChI=1S/C16H12FN3O2S/c17-12-8-6-11(7-9-12)15-19-20-16(22-15)23-10-14(21)18-13-4-2-1-3-5-13/h1-9H,10H2,(H,18,21). The highest BCUT2D eigenvalue weighted by Gasteiger charge is 2.11. The van der Waals surface area contributed by atoms with Gasteiger partial charge in [-0.15, -0.1) is 10.2 Å². The highest BCUT2D eigenvalue weighted by Crippen LogP contribution is 2.23. The van der Waals surface area contributed by atoms with E-state index in [0.717, 1.165) is 17.4 Å². The Bertz CT molecular complexity index is 791. The van der Waals surface area contributed by atoms with Gasteiger partial charge in [-0.1, -0.05) is 30.0 Å². The number of rotatable bonds is 5. The lowest BCUT2D eigenvalue weighted by Crippen LogP contribution is -2.13. The van der Waals surface area contributed by atoms with Crippen molar-refractivity contribution in [2.45, 2.75) is 5.22 Å². The van der Waals surface area contributed by atoms with E-state index in [4.69, 9.17) is 4.42 Å². The van der Waals surface area contributed by atoms with E-state index < -0.39 is 0 Å². The van der Waals surface area contributed by atoms with E-state index in [1.54, 1.807) is 12.1 Å². The molecule has 2 aromatic carbocycles. The van der Waals surface area contributed by atoms with E-state index in [1.165, 1.54) is 12.1 Å². The molecule has 0 spiro atoms. The fraction of sp³-hybridized carbons (Fsp3) is 0.0625. The molecule has 1 amide bonds. The maximum absolute atomic E-state index is 12.9. The Labute approximate surface area is 135 Å². The van der Waals surface area contributed by atoms with Crippen LogP contribution in [0.2, 0.25) is 0 Å². The monoisotopic (exact) mass is 329 g/mol. The molecule has 5 nitrogen and oxygen atoms in total. The minimum Gasteiger partial charge on any atom is -0.411 e. The molecule has 0 bridgehead atoms. The molecule has 0 fully saturated rings. The first-order valence-electron chi connectivity index (χ1n) is 6.78. The first-order chi connectivity index (χ1) is 11.2. The van der Waals surface area contributed by atoms with Crippen molar-refractivity contribution >= 4 is 23.4 Å². The summed E-state index contributed by atoms with van der Waals surface area (Å²) in [6.45, 7) is 0. The lowest BCUT2D eigenvalue weighted by atomic mass is 10.2. The van der Waals surface area contributed by atoms with Crippen molar-refractivity contribution in [1.29, 1.82) is 0 Å². The predicted molar refractivity (Wildman–Crippen MR) is 85.5 cm³/mol. The number of para-hydroxylation sites is 1. The highest BCUT2D eigenvalue weighted by atomic mass is 32.2. The summed E-state index contributed by atoms with van der Waals surface area (Å²) in [5.74, 6) is -0.0564. The minimum absolute atomic E-state index is 0.153. The van der Waals surface area contributed by atoms with Crippen molar-refractivity contribution in [3.8, 4) is 11.5 Å². The van der Waals surface area contributed by atoms with Gasteiger partial charge >= 0.3 is 0 Å². The number of carbonyl (C=O) groups excluding carboxylic acids is 1. The van der Waals surface area contributed by atoms with E-state index in [1.807, 2.05) is 30.3 Å². The van der Waals surface area contributed by atoms with Crippen LogP contribution in [0, 0.1) is 5.82 Å². The zero-order valence-electron chi connectivity index (χ0n) is 11.9. The number of aromatic nitrogens is 2. The smallest absolute Gasteiger partial charge is 0.277 e. The summed E-state index contributed by atoms with van der Waals surface area (Å²) in [5, 5.41) is 10.8. The van der Waals surface area contributed by atoms with Gasteiger partial charge < -0.3 is 9.73 Å². The van der Waals surface area contributed by atoms with E-state index in [9.17, 15) is 9.18 Å². The van der Waals surface area contributed by atoms with E-state index in [0.29, 0.717) is 5.56 Å². The third kappa shape index (κ3) is 4.17. The second kappa shape index (κ2) is 7.06. The Morgan fingerprint density at radius 3 is 2.57 bits per heavy atom. The van der Waals surface area contributed by atoms with Crippen molar-refractivity contribution in [3.63, 3.8) is 0 Å². The van der Waals surface area contributed by atoms with Crippen LogP contribution in [0.5, 0.6) is 0 Å². The number of hydrogen-bond acceptors (Lipinski definition) is 5. The summed E-state index contributed by atoms with van der Waals surface area (Å²) in [4.78, 5) is 11.8. The third-order valence-electron chi connectivity index (χ3n) is 2.88. The summed E-state index contributed by atoms with van der Waals surface area (Å²) in [7, 11) is 0. The van der Waals surface area contributed by atoms with Crippen molar-refractivity contribution in [2.75, 3.05) is 11.1 Å². The number of halogens is 1. The van der Waals surface area contributed by atoms with E-state index in [2.05, 4.69) is 15.5 Å². The quantitative estimate of drug-likeness (QED) is 0.724. The van der Waals surface area contributed by atoms with Crippen LogP contribution in [0.3, 0.4) is 0 Å². The second-order valence-corrected chi connectivity index (χ2v) is 5.51. The van der Waals surface area contributed by atoms with Gasteiger partial charge in [-0.05, 0) is 36.4 Å². The molecule has 1 N–H and O–H groups in total. The molecule has 3 rings (SSSR count). The Balaban J connectivity index is 1.57. The normalized spacial score (nSPS) is 10.5. The van der Waals surface area contributed by atoms with Crippen LogP contribution in [0.25, 0.3) is 11.5 Å². The lowest BCUT2D eigenvalue weighted by molar-refractivity contribution is -0.113. The lowest BCUT2D eigenvalue weighted by Gasteiger charge is -2.02. The maximum Gasteiger partial charge on any atom is 0.277 e. The summed E-state index contributed by atoms with van der Waals surface area (Å²) < 4.78 is 18.3. The molecule has 0 aliphatic carbocycles. The molecule has 3 aromatic rings. The van der Waals surface area contributed by atoms with Gasteiger partial charge in [0.25, 0.3) is 5.22 Å². The van der Waals surface area contributed by atoms with Crippen LogP contribution in [-0.2, 0) is 4.79 Å². The van der Waals surface area contributed by atoms with Crippen LogP contribution in [0.1, 0.15) is 0 Å². The van der Waals surface area contributed by atoms with Crippen molar-refractivity contribution in [2.24, 2.45) is 0 Å². The van der Waals surface area contributed by atoms with Gasteiger partial charge in [0.05, 0.1) is 5.75 Å². The molecular weight excluding hydrogens is 317 g/mol. The zero-order chi connectivity index (χ0) is 16.1. The van der Waals surface area contributed by atoms with Crippen LogP contribution in [-0.4, -0.2) is 21.9 Å². The number of carbonyl (C=O) groups is 1. The van der Waals surface area contributed by atoms with Crippen LogP contribution < -0.4 is 5.32 Å². The number of benzene rings is 2. The second-order valence-electron chi connectivity index (χ2n) is 4.58. The first kappa shape index (κ1) is 15.2. The summed E-state index contributed by atoms with van der Waals surface area (Å²) in [6.07, 6.45) is 0. The topological polar surface area (TPSA) is 68.0 Å². The fourth-order valence-electron chi connectivity index (χ4n) is 1.82. The average Bonchev–Trinajstić information content (AvgIpc) is 3.04. The van der Waals surface area contributed by atoms with Gasteiger partial charge in [-0.3, -0.25) is 4.79 Å². The molecule has 0 aliphatic heterocycles. The predicted octanol–water partition coefficient (Wildman–Crippen LogP) is 3.61. The molecular formula is C16H12FN3O2S. The van der Waals surface area contributed by atoms with Crippen LogP contribution >= 0.6 is 11.8 Å². The van der Waals surface area contributed by atoms with Crippen LogP contribution in [0.15, 0.2) is 64.2 Å². The molecule has 116 valence electrons. The molecule has 0 atom stereocenters. The number of nitrogens with one attached hydrogen (secondary N) is 1. The highest BCUT2D eigenvalue weighted by molar-refractivity contribution is 7.99. The third-order valence-corrected chi connectivity index (χ3v) is 3.70. The number of amides is 1. The Kier molecular flexibility index (Phi) is 4.68. The van der Waals surface area contributed by atoms with Crippen molar-refractivity contribution in [1.82, 2.24) is 10.2 Å². The minimum atomic E-state index is -0.333. The molecule has 0 unspecified atom stereocenters. The van der Waals surface area contributed by atoms with E-state index in [-0.39, 0.29) is 28.6 Å². The molecule has 7 heteroatoms. The largest absolute Gasteiger partial charge is 0.411 e. The Morgan fingerprint density at radius 1 is 1.09 bits per heavy atom. The van der Waals surface area contributed by atoms with E-state index >= 15 is 0 Å². The number of anilines is 1. The summed E-state index contributed by atoms with van der Waals surface area (Å²) in [5.41, 5.74) is 1.36. The van der Waals surface area contributed by atoms with Crippen molar-refractivity contribution in [3.05, 3.63) is 60.4 Å². The fourth-order valence-corrected chi connectivity index (χ4v) is 2.39. The number of hydrogen-bond donors (Lipinski definition) is 1. The molecule has 0 aliphatic rings. The number of nitrogens with zero attached hydrogens (tertiary/aromatic N) is 2. The molecule has 0 saturated heterocycles. The molecule has 23 heavy (non-hydrogen) atoms. The molecule has 1 heterocycles. The van der Waals surface area contributed by atoms with Gasteiger partial charge in [0.1, 0.15) is 5.82 Å². The number of thioether (sulfide) groups is 1.